The Bertz CT molecular complexity index is 481. The Labute approximate surface area is 97.1 Å². The highest BCUT2D eigenvalue weighted by atomic mass is 127. The molecule has 2 rings (SSSR count). The minimum atomic E-state index is -2.44. The molecule has 14 heavy (non-hydrogen) atoms. The van der Waals surface area contributed by atoms with E-state index in [1.54, 1.807) is 17.5 Å². The maximum Gasteiger partial charge on any atom is 0.266 e. The Morgan fingerprint density at radius 3 is 2.79 bits per heavy atom. The number of nitrogen functional groups attached to an aromatic ring is 1. The van der Waals surface area contributed by atoms with Crippen molar-refractivity contribution < 1.29 is 8.78 Å². The molecule has 0 aliphatic rings. The summed E-state index contributed by atoms with van der Waals surface area (Å²) in [5, 5.41) is 2.51. The van der Waals surface area contributed by atoms with Crippen molar-refractivity contribution >= 4 is 49.7 Å². The molecule has 0 bridgehead atoms. The van der Waals surface area contributed by atoms with Crippen LogP contribution in [0.3, 0.4) is 0 Å². The van der Waals surface area contributed by atoms with Gasteiger partial charge in [0.05, 0.1) is 0 Å². The third kappa shape index (κ3) is 1.48. The van der Waals surface area contributed by atoms with E-state index in [0.29, 0.717) is 14.0 Å². The minimum absolute atomic E-state index is 0.102. The second-order valence-corrected chi connectivity index (χ2v) is 4.90. The number of hydrogen-bond donors (Lipinski definition) is 1. The van der Waals surface area contributed by atoms with Gasteiger partial charge in [0.2, 0.25) is 0 Å². The molecule has 74 valence electrons. The molecular formula is C9H6F2INS. The highest BCUT2D eigenvalue weighted by Gasteiger charge is 2.18. The first-order chi connectivity index (χ1) is 6.61. The lowest BCUT2D eigenvalue weighted by Gasteiger charge is -2.06. The lowest BCUT2D eigenvalue weighted by molar-refractivity contribution is 0.152. The number of benzene rings is 1. The van der Waals surface area contributed by atoms with E-state index in [-0.39, 0.29) is 5.56 Å². The standard InChI is InChI=1S/C9H6F2INS/c10-9(11)7-5(12)3-6(13)4-1-2-14-8(4)7/h1-3,9H,13H2. The molecule has 0 fully saturated rings. The Balaban J connectivity index is 2.86. The highest BCUT2D eigenvalue weighted by molar-refractivity contribution is 14.1. The van der Waals surface area contributed by atoms with Crippen LogP contribution in [0, 0.1) is 3.57 Å². The molecule has 0 amide bonds. The van der Waals surface area contributed by atoms with Crippen molar-refractivity contribution in [2.45, 2.75) is 6.43 Å². The van der Waals surface area contributed by atoms with Crippen molar-refractivity contribution in [3.8, 4) is 0 Å². The maximum atomic E-state index is 12.7. The van der Waals surface area contributed by atoms with Crippen molar-refractivity contribution in [3.63, 3.8) is 0 Å². The smallest absolute Gasteiger partial charge is 0.266 e. The Morgan fingerprint density at radius 2 is 2.14 bits per heavy atom. The summed E-state index contributed by atoms with van der Waals surface area (Å²) in [5.74, 6) is 0. The largest absolute Gasteiger partial charge is 0.398 e. The van der Waals surface area contributed by atoms with Gasteiger partial charge in [-0.2, -0.15) is 0 Å². The van der Waals surface area contributed by atoms with E-state index >= 15 is 0 Å². The Kier molecular flexibility index (Phi) is 2.61. The lowest BCUT2D eigenvalue weighted by Crippen LogP contribution is -1.93. The number of anilines is 1. The molecule has 5 heteroatoms. The number of rotatable bonds is 1. The van der Waals surface area contributed by atoms with E-state index in [2.05, 4.69) is 0 Å². The van der Waals surface area contributed by atoms with Gasteiger partial charge in [0, 0.05) is 24.9 Å². The summed E-state index contributed by atoms with van der Waals surface area (Å²) < 4.78 is 26.6. The van der Waals surface area contributed by atoms with Crippen LogP contribution < -0.4 is 5.73 Å². The third-order valence-electron chi connectivity index (χ3n) is 1.98. The van der Waals surface area contributed by atoms with Crippen molar-refractivity contribution in [1.29, 1.82) is 0 Å². The molecule has 1 heterocycles. The fraction of sp³-hybridized carbons (Fsp3) is 0.111. The average Bonchev–Trinajstić information content (AvgIpc) is 2.51. The summed E-state index contributed by atoms with van der Waals surface area (Å²) >= 11 is 3.20. The van der Waals surface area contributed by atoms with Gasteiger partial charge in [-0.05, 0) is 40.1 Å². The first-order valence-electron chi connectivity index (χ1n) is 3.84. The van der Waals surface area contributed by atoms with Crippen LogP contribution in [0.25, 0.3) is 10.1 Å². The molecule has 1 aromatic heterocycles. The zero-order valence-electron chi connectivity index (χ0n) is 6.93. The molecule has 0 atom stereocenters. The molecule has 0 saturated heterocycles. The van der Waals surface area contributed by atoms with Crippen LogP contribution in [0.15, 0.2) is 17.5 Å². The minimum Gasteiger partial charge on any atom is -0.398 e. The summed E-state index contributed by atoms with van der Waals surface area (Å²) in [4.78, 5) is 0. The fourth-order valence-electron chi connectivity index (χ4n) is 1.35. The van der Waals surface area contributed by atoms with Gasteiger partial charge in [-0.25, -0.2) is 8.78 Å². The number of hydrogen-bond acceptors (Lipinski definition) is 2. The Morgan fingerprint density at radius 1 is 1.43 bits per heavy atom. The first-order valence-corrected chi connectivity index (χ1v) is 5.80. The second kappa shape index (κ2) is 3.62. The Hall–Kier alpha value is -0.430. The molecule has 2 aromatic rings. The van der Waals surface area contributed by atoms with E-state index in [9.17, 15) is 8.78 Å². The highest BCUT2D eigenvalue weighted by Crippen LogP contribution is 2.38. The van der Waals surface area contributed by atoms with E-state index < -0.39 is 6.43 Å². The van der Waals surface area contributed by atoms with Crippen LogP contribution >= 0.6 is 33.9 Å². The van der Waals surface area contributed by atoms with E-state index in [1.165, 1.54) is 11.3 Å². The number of fused-ring (bicyclic) bond motifs is 1. The molecule has 0 saturated carbocycles. The average molecular weight is 325 g/mol. The van der Waals surface area contributed by atoms with Crippen LogP contribution in [0.2, 0.25) is 0 Å². The topological polar surface area (TPSA) is 26.0 Å². The van der Waals surface area contributed by atoms with Crippen LogP contribution in [-0.2, 0) is 0 Å². The van der Waals surface area contributed by atoms with Crippen molar-refractivity contribution in [1.82, 2.24) is 0 Å². The summed E-state index contributed by atoms with van der Waals surface area (Å²) in [6.07, 6.45) is -2.44. The van der Waals surface area contributed by atoms with Crippen LogP contribution in [0.4, 0.5) is 14.5 Å². The van der Waals surface area contributed by atoms with Crippen LogP contribution in [-0.4, -0.2) is 0 Å². The molecule has 1 nitrogen and oxygen atoms in total. The van der Waals surface area contributed by atoms with Crippen molar-refractivity contribution in [2.75, 3.05) is 5.73 Å². The summed E-state index contributed by atoms with van der Waals surface area (Å²) in [6, 6.07) is 3.37. The van der Waals surface area contributed by atoms with Gasteiger partial charge in [0.1, 0.15) is 0 Å². The fourth-order valence-corrected chi connectivity index (χ4v) is 3.35. The molecule has 0 radical (unpaired) electrons. The zero-order valence-corrected chi connectivity index (χ0v) is 9.90. The van der Waals surface area contributed by atoms with Crippen LogP contribution in [0.1, 0.15) is 12.0 Å². The van der Waals surface area contributed by atoms with E-state index in [1.807, 2.05) is 22.6 Å². The molecule has 1 aromatic carbocycles. The van der Waals surface area contributed by atoms with Gasteiger partial charge < -0.3 is 5.73 Å². The molecule has 2 N–H and O–H groups in total. The number of halogens is 3. The van der Waals surface area contributed by atoms with Gasteiger partial charge in [-0.1, -0.05) is 0 Å². The second-order valence-electron chi connectivity index (χ2n) is 2.83. The molecule has 0 aliphatic carbocycles. The zero-order chi connectivity index (χ0) is 10.3. The SMILES string of the molecule is Nc1cc(I)c(C(F)F)c2sccc12. The van der Waals surface area contributed by atoms with E-state index in [0.717, 1.165) is 5.39 Å². The summed E-state index contributed by atoms with van der Waals surface area (Å²) in [5.41, 5.74) is 6.39. The van der Waals surface area contributed by atoms with Crippen molar-refractivity contribution in [3.05, 3.63) is 26.6 Å². The van der Waals surface area contributed by atoms with E-state index in [4.69, 9.17) is 5.73 Å². The quantitative estimate of drug-likeness (QED) is 0.622. The van der Waals surface area contributed by atoms with Crippen LogP contribution in [0.5, 0.6) is 0 Å². The first kappa shape index (κ1) is 10.1. The molecular weight excluding hydrogens is 319 g/mol. The predicted octanol–water partition coefficient (Wildman–Crippen LogP) is 4.03. The van der Waals surface area contributed by atoms with Gasteiger partial charge in [0.15, 0.2) is 0 Å². The van der Waals surface area contributed by atoms with Gasteiger partial charge in [0.25, 0.3) is 6.43 Å². The van der Waals surface area contributed by atoms with Gasteiger partial charge >= 0.3 is 0 Å². The van der Waals surface area contributed by atoms with Gasteiger partial charge in [-0.15, -0.1) is 11.3 Å². The molecule has 0 aliphatic heterocycles. The lowest BCUT2D eigenvalue weighted by atomic mass is 10.1. The number of thiophene rings is 1. The molecule has 0 spiro atoms. The monoisotopic (exact) mass is 325 g/mol. The third-order valence-corrected chi connectivity index (χ3v) is 3.82. The summed E-state index contributed by atoms with van der Waals surface area (Å²) in [7, 11) is 0. The normalized spacial score (nSPS) is 11.4. The summed E-state index contributed by atoms with van der Waals surface area (Å²) in [6.45, 7) is 0. The number of alkyl halides is 2. The number of nitrogens with two attached hydrogens (primary N) is 1. The predicted molar refractivity (Wildman–Crippen MR) is 63.9 cm³/mol. The maximum absolute atomic E-state index is 12.7. The van der Waals surface area contributed by atoms with Crippen molar-refractivity contribution in [2.24, 2.45) is 0 Å². The molecule has 0 unspecified atom stereocenters. The van der Waals surface area contributed by atoms with Gasteiger partial charge in [-0.3, -0.25) is 0 Å².